The number of H-pyrrole nitrogens is 1. The number of hydrogen-bond donors (Lipinski definition) is 1. The molecule has 0 aliphatic heterocycles. The van der Waals surface area contributed by atoms with Crippen molar-refractivity contribution in [1.29, 1.82) is 0 Å². The summed E-state index contributed by atoms with van der Waals surface area (Å²) in [6, 6.07) is 12.9. The largest absolute Gasteiger partial charge is 0.358 e. The second kappa shape index (κ2) is 5.10. The van der Waals surface area contributed by atoms with Gasteiger partial charge in [0.2, 0.25) is 0 Å². The Bertz CT molecular complexity index is 713. The molecule has 0 saturated heterocycles. The number of hydrogen-bond acceptors (Lipinski definition) is 2. The lowest BCUT2D eigenvalue weighted by Gasteiger charge is -2.25. The van der Waals surface area contributed by atoms with Gasteiger partial charge in [0.05, 0.1) is 6.04 Å². The third-order valence-corrected chi connectivity index (χ3v) is 3.76. The monoisotopic (exact) mass is 265 g/mol. The standard InChI is InChI=1S/C17H19N3/c1-12-16(14-6-4-5-7-15(14)19-12)17(20(2)3)13-8-10-18-11-9-13/h4-11,17,19H,1-3H3. The van der Waals surface area contributed by atoms with E-state index >= 15 is 0 Å². The zero-order valence-corrected chi connectivity index (χ0v) is 12.1. The van der Waals surface area contributed by atoms with Crippen LogP contribution in [-0.4, -0.2) is 29.0 Å². The van der Waals surface area contributed by atoms with Crippen molar-refractivity contribution < 1.29 is 0 Å². The van der Waals surface area contributed by atoms with Crippen LogP contribution in [0.4, 0.5) is 0 Å². The number of aromatic nitrogens is 2. The molecule has 0 aliphatic carbocycles. The molecule has 20 heavy (non-hydrogen) atoms. The molecule has 1 aromatic carbocycles. The quantitative estimate of drug-likeness (QED) is 0.785. The van der Waals surface area contributed by atoms with Gasteiger partial charge in [-0.15, -0.1) is 0 Å². The summed E-state index contributed by atoms with van der Waals surface area (Å²) in [5.41, 5.74) is 5.03. The van der Waals surface area contributed by atoms with Crippen LogP contribution in [0.3, 0.4) is 0 Å². The molecule has 0 spiro atoms. The van der Waals surface area contributed by atoms with Gasteiger partial charge in [0.1, 0.15) is 0 Å². The van der Waals surface area contributed by atoms with E-state index in [4.69, 9.17) is 0 Å². The summed E-state index contributed by atoms with van der Waals surface area (Å²) < 4.78 is 0. The highest BCUT2D eigenvalue weighted by Crippen LogP contribution is 2.34. The Kier molecular flexibility index (Phi) is 3.28. The summed E-state index contributed by atoms with van der Waals surface area (Å²) in [4.78, 5) is 9.86. The van der Waals surface area contributed by atoms with E-state index in [0.717, 1.165) is 0 Å². The number of nitrogens with zero attached hydrogens (tertiary/aromatic N) is 2. The van der Waals surface area contributed by atoms with Gasteiger partial charge in [-0.3, -0.25) is 9.88 Å². The number of para-hydroxylation sites is 1. The predicted octanol–water partition coefficient (Wildman–Crippen LogP) is 3.52. The SMILES string of the molecule is Cc1[nH]c2ccccc2c1C(c1ccncc1)N(C)C. The minimum atomic E-state index is 0.231. The smallest absolute Gasteiger partial charge is 0.0621 e. The topological polar surface area (TPSA) is 31.9 Å². The summed E-state index contributed by atoms with van der Waals surface area (Å²) in [7, 11) is 4.23. The lowest BCUT2D eigenvalue weighted by molar-refractivity contribution is 0.343. The highest BCUT2D eigenvalue weighted by atomic mass is 15.1. The number of benzene rings is 1. The number of pyridine rings is 1. The van der Waals surface area contributed by atoms with Gasteiger partial charge < -0.3 is 4.98 Å². The second-order valence-corrected chi connectivity index (χ2v) is 5.36. The first-order valence-corrected chi connectivity index (χ1v) is 6.82. The van der Waals surface area contributed by atoms with Crippen molar-refractivity contribution in [2.45, 2.75) is 13.0 Å². The zero-order chi connectivity index (χ0) is 14.1. The fraction of sp³-hybridized carbons (Fsp3) is 0.235. The summed E-state index contributed by atoms with van der Waals surface area (Å²) in [6.07, 6.45) is 3.71. The highest BCUT2D eigenvalue weighted by molar-refractivity contribution is 5.85. The van der Waals surface area contributed by atoms with Crippen molar-refractivity contribution in [2.24, 2.45) is 0 Å². The molecular weight excluding hydrogens is 246 g/mol. The van der Waals surface area contributed by atoms with Gasteiger partial charge in [0.15, 0.2) is 0 Å². The number of aryl methyl sites for hydroxylation is 1. The maximum absolute atomic E-state index is 4.13. The molecule has 3 rings (SSSR count). The number of fused-ring (bicyclic) bond motifs is 1. The first-order chi connectivity index (χ1) is 9.68. The molecular formula is C17H19N3. The molecule has 102 valence electrons. The highest BCUT2D eigenvalue weighted by Gasteiger charge is 2.22. The fourth-order valence-electron chi connectivity index (χ4n) is 2.92. The Morgan fingerprint density at radius 3 is 2.45 bits per heavy atom. The minimum absolute atomic E-state index is 0.231. The Morgan fingerprint density at radius 2 is 1.75 bits per heavy atom. The molecule has 1 atom stereocenters. The van der Waals surface area contributed by atoms with Gasteiger partial charge in [0, 0.05) is 34.6 Å². The summed E-state index contributed by atoms with van der Waals surface area (Å²) in [6.45, 7) is 2.15. The molecule has 0 aliphatic rings. The molecule has 0 amide bonds. The predicted molar refractivity (Wildman–Crippen MR) is 82.8 cm³/mol. The Balaban J connectivity index is 2.23. The molecule has 1 unspecified atom stereocenters. The summed E-state index contributed by atoms with van der Waals surface area (Å²) >= 11 is 0. The molecule has 2 aromatic heterocycles. The number of rotatable bonds is 3. The average molecular weight is 265 g/mol. The van der Waals surface area contributed by atoms with Gasteiger partial charge in [-0.1, -0.05) is 18.2 Å². The van der Waals surface area contributed by atoms with Gasteiger partial charge >= 0.3 is 0 Å². The van der Waals surface area contributed by atoms with Crippen molar-refractivity contribution in [3.05, 3.63) is 65.6 Å². The van der Waals surface area contributed by atoms with Crippen LogP contribution >= 0.6 is 0 Å². The number of nitrogens with one attached hydrogen (secondary N) is 1. The van der Waals surface area contributed by atoms with Crippen molar-refractivity contribution in [1.82, 2.24) is 14.9 Å². The van der Waals surface area contributed by atoms with Gasteiger partial charge in [0.25, 0.3) is 0 Å². The molecule has 3 aromatic rings. The lowest BCUT2D eigenvalue weighted by Crippen LogP contribution is -2.21. The van der Waals surface area contributed by atoms with E-state index in [9.17, 15) is 0 Å². The first-order valence-electron chi connectivity index (χ1n) is 6.82. The molecule has 0 fully saturated rings. The third-order valence-electron chi connectivity index (χ3n) is 3.76. The molecule has 0 radical (unpaired) electrons. The average Bonchev–Trinajstić information content (AvgIpc) is 2.77. The maximum atomic E-state index is 4.13. The first kappa shape index (κ1) is 12.9. The van der Waals surface area contributed by atoms with E-state index in [2.05, 4.69) is 72.3 Å². The van der Waals surface area contributed by atoms with Crippen LogP contribution in [0.5, 0.6) is 0 Å². The van der Waals surface area contributed by atoms with Crippen molar-refractivity contribution in [2.75, 3.05) is 14.1 Å². The lowest BCUT2D eigenvalue weighted by atomic mass is 9.96. The van der Waals surface area contributed by atoms with E-state index in [1.165, 1.54) is 27.7 Å². The molecule has 3 nitrogen and oxygen atoms in total. The van der Waals surface area contributed by atoms with Crippen LogP contribution in [0.15, 0.2) is 48.8 Å². The normalized spacial score (nSPS) is 13.0. The summed E-state index contributed by atoms with van der Waals surface area (Å²) in [5.74, 6) is 0. The maximum Gasteiger partial charge on any atom is 0.0621 e. The molecule has 1 N–H and O–H groups in total. The third kappa shape index (κ3) is 2.10. The van der Waals surface area contributed by atoms with Crippen molar-refractivity contribution in [3.8, 4) is 0 Å². The van der Waals surface area contributed by atoms with Crippen LogP contribution in [0, 0.1) is 6.92 Å². The fourth-order valence-corrected chi connectivity index (χ4v) is 2.92. The molecule has 3 heteroatoms. The Hall–Kier alpha value is -2.13. The van der Waals surface area contributed by atoms with Gasteiger partial charge in [-0.05, 0) is 44.8 Å². The van der Waals surface area contributed by atoms with Crippen molar-refractivity contribution in [3.63, 3.8) is 0 Å². The van der Waals surface area contributed by atoms with Crippen LogP contribution < -0.4 is 0 Å². The van der Waals surface area contributed by atoms with E-state index in [1.807, 2.05) is 12.4 Å². The Morgan fingerprint density at radius 1 is 1.05 bits per heavy atom. The van der Waals surface area contributed by atoms with E-state index in [0.29, 0.717) is 0 Å². The number of aromatic amines is 1. The van der Waals surface area contributed by atoms with Crippen molar-refractivity contribution >= 4 is 10.9 Å². The van der Waals surface area contributed by atoms with Gasteiger partial charge in [-0.25, -0.2) is 0 Å². The molecule has 0 bridgehead atoms. The van der Waals surface area contributed by atoms with Crippen LogP contribution in [0.1, 0.15) is 22.9 Å². The minimum Gasteiger partial charge on any atom is -0.358 e. The van der Waals surface area contributed by atoms with Crippen LogP contribution in [-0.2, 0) is 0 Å². The van der Waals surface area contributed by atoms with E-state index in [1.54, 1.807) is 0 Å². The van der Waals surface area contributed by atoms with Gasteiger partial charge in [-0.2, -0.15) is 0 Å². The van der Waals surface area contributed by atoms with Crippen LogP contribution in [0.2, 0.25) is 0 Å². The Labute approximate surface area is 119 Å². The molecule has 2 heterocycles. The summed E-state index contributed by atoms with van der Waals surface area (Å²) in [5, 5.41) is 1.29. The van der Waals surface area contributed by atoms with E-state index < -0.39 is 0 Å². The van der Waals surface area contributed by atoms with E-state index in [-0.39, 0.29) is 6.04 Å². The second-order valence-electron chi connectivity index (χ2n) is 5.36. The molecule has 0 saturated carbocycles. The van der Waals surface area contributed by atoms with Crippen LogP contribution in [0.25, 0.3) is 10.9 Å². The zero-order valence-electron chi connectivity index (χ0n) is 12.1.